The standard InChI is InChI=1S/C37H46N10O4S/c1-25-22-39-35(43-34(25)40-28-7-6-8-31(21-28)52(50,51)44-37(2,3)4)41-27-9-11-30(12-10-27)46-18-14-29(15-19-46)45(5)24-26-13-17-38-23-32(26)47-20-16-33(48)42-36(47)49/h6-13,17,21-23,29,44H,14-16,18-20,24H2,1-5H3,(H,42,48,49)(H2,39,40,41,43). The lowest BCUT2D eigenvalue weighted by atomic mass is 10.0. The van der Waals surface area contributed by atoms with Crippen molar-refractivity contribution in [2.45, 2.75) is 70.0 Å². The van der Waals surface area contributed by atoms with Crippen LogP contribution in [-0.2, 0) is 21.4 Å². The molecular formula is C37H46N10O4S. The van der Waals surface area contributed by atoms with E-state index in [1.807, 2.05) is 25.1 Å². The van der Waals surface area contributed by atoms with Crippen LogP contribution in [0.1, 0.15) is 51.2 Å². The highest BCUT2D eigenvalue weighted by Crippen LogP contribution is 2.29. The van der Waals surface area contributed by atoms with Crippen LogP contribution in [0.2, 0.25) is 0 Å². The van der Waals surface area contributed by atoms with E-state index < -0.39 is 21.6 Å². The molecule has 2 saturated heterocycles. The number of imide groups is 1. The van der Waals surface area contributed by atoms with E-state index in [0.29, 0.717) is 36.6 Å². The van der Waals surface area contributed by atoms with Gasteiger partial charge in [0.05, 0.1) is 16.8 Å². The molecule has 0 atom stereocenters. The van der Waals surface area contributed by atoms with E-state index in [1.165, 1.54) is 0 Å². The number of urea groups is 1. The molecular weight excluding hydrogens is 681 g/mol. The first-order valence-corrected chi connectivity index (χ1v) is 18.8. The number of aryl methyl sites for hydroxylation is 1. The van der Waals surface area contributed by atoms with Crippen LogP contribution in [0.15, 0.2) is 78.1 Å². The normalized spacial score (nSPS) is 15.9. The van der Waals surface area contributed by atoms with Crippen LogP contribution in [0.5, 0.6) is 0 Å². The Morgan fingerprint density at radius 2 is 1.71 bits per heavy atom. The maximum atomic E-state index is 12.9. The number of nitrogens with one attached hydrogen (secondary N) is 4. The number of carbonyl (C=O) groups excluding carboxylic acids is 2. The van der Waals surface area contributed by atoms with Crippen molar-refractivity contribution in [2.75, 3.05) is 47.1 Å². The van der Waals surface area contributed by atoms with E-state index in [9.17, 15) is 18.0 Å². The summed E-state index contributed by atoms with van der Waals surface area (Å²) >= 11 is 0. The van der Waals surface area contributed by atoms with Crippen LogP contribution in [0, 0.1) is 6.92 Å². The first kappa shape index (κ1) is 36.7. The first-order chi connectivity index (χ1) is 24.7. The average Bonchev–Trinajstić information content (AvgIpc) is 3.10. The number of pyridine rings is 1. The summed E-state index contributed by atoms with van der Waals surface area (Å²) in [5, 5.41) is 8.93. The minimum absolute atomic E-state index is 0.165. The molecule has 4 N–H and O–H groups in total. The molecule has 3 amide bonds. The van der Waals surface area contributed by atoms with Gasteiger partial charge in [0, 0.05) is 79.2 Å². The molecule has 52 heavy (non-hydrogen) atoms. The number of nitrogens with zero attached hydrogens (tertiary/aromatic N) is 6. The molecule has 0 spiro atoms. The van der Waals surface area contributed by atoms with Crippen LogP contribution >= 0.6 is 0 Å². The molecule has 0 aliphatic carbocycles. The molecule has 15 heteroatoms. The van der Waals surface area contributed by atoms with Crippen LogP contribution in [0.4, 0.5) is 39.3 Å². The second kappa shape index (κ2) is 15.2. The zero-order valence-electron chi connectivity index (χ0n) is 30.2. The Labute approximate surface area is 305 Å². The fourth-order valence-electron chi connectivity index (χ4n) is 6.40. The third-order valence-corrected chi connectivity index (χ3v) is 10.8. The summed E-state index contributed by atoms with van der Waals surface area (Å²) in [7, 11) is -1.58. The van der Waals surface area contributed by atoms with Crippen LogP contribution in [-0.4, -0.2) is 78.5 Å². The molecule has 2 aromatic heterocycles. The lowest BCUT2D eigenvalue weighted by molar-refractivity contribution is -0.120. The van der Waals surface area contributed by atoms with Gasteiger partial charge >= 0.3 is 6.03 Å². The highest BCUT2D eigenvalue weighted by molar-refractivity contribution is 7.89. The van der Waals surface area contributed by atoms with E-state index in [4.69, 9.17) is 0 Å². The predicted molar refractivity (Wildman–Crippen MR) is 203 cm³/mol. The summed E-state index contributed by atoms with van der Waals surface area (Å²) in [5.41, 5.74) is 4.52. The summed E-state index contributed by atoms with van der Waals surface area (Å²) in [4.78, 5) is 44.0. The van der Waals surface area contributed by atoms with E-state index >= 15 is 0 Å². The fourth-order valence-corrected chi connectivity index (χ4v) is 7.87. The highest BCUT2D eigenvalue weighted by Gasteiger charge is 2.28. The molecule has 2 aromatic carbocycles. The van der Waals surface area contributed by atoms with Gasteiger partial charge in [-0.15, -0.1) is 0 Å². The number of amides is 3. The molecule has 14 nitrogen and oxygen atoms in total. The third kappa shape index (κ3) is 9.02. The van der Waals surface area contributed by atoms with Gasteiger partial charge in [0.2, 0.25) is 21.9 Å². The Morgan fingerprint density at radius 1 is 0.962 bits per heavy atom. The van der Waals surface area contributed by atoms with Crippen LogP contribution in [0.25, 0.3) is 0 Å². The van der Waals surface area contributed by atoms with Crippen molar-refractivity contribution in [3.8, 4) is 0 Å². The molecule has 0 bridgehead atoms. The van der Waals surface area contributed by atoms with E-state index in [0.717, 1.165) is 54.1 Å². The van der Waals surface area contributed by atoms with Gasteiger partial charge in [-0.25, -0.2) is 22.9 Å². The monoisotopic (exact) mass is 726 g/mol. The molecule has 6 rings (SSSR count). The number of anilines is 6. The Morgan fingerprint density at radius 3 is 2.42 bits per heavy atom. The predicted octanol–water partition coefficient (Wildman–Crippen LogP) is 5.29. The van der Waals surface area contributed by atoms with E-state index in [1.54, 1.807) is 68.5 Å². The Bertz CT molecular complexity index is 2030. The number of carbonyl (C=O) groups is 2. The highest BCUT2D eigenvalue weighted by atomic mass is 32.2. The summed E-state index contributed by atoms with van der Waals surface area (Å²) in [6, 6.07) is 16.8. The molecule has 2 aliphatic rings. The first-order valence-electron chi connectivity index (χ1n) is 17.4. The molecule has 2 aliphatic heterocycles. The third-order valence-electron chi connectivity index (χ3n) is 9.05. The van der Waals surface area contributed by atoms with Gasteiger partial charge in [0.25, 0.3) is 0 Å². The lowest BCUT2D eigenvalue weighted by Gasteiger charge is -2.38. The van der Waals surface area contributed by atoms with E-state index in [2.05, 4.69) is 64.6 Å². The molecule has 0 unspecified atom stereocenters. The number of rotatable bonds is 11. The molecule has 2 fully saturated rings. The molecule has 274 valence electrons. The SMILES string of the molecule is Cc1cnc(Nc2ccc(N3CCC(N(C)Cc4ccncc4N4CCC(=O)NC4=O)CC3)cc2)nc1Nc1cccc(S(=O)(=O)NC(C)(C)C)c1. The van der Waals surface area contributed by atoms with Crippen molar-refractivity contribution >= 4 is 56.5 Å². The quantitative estimate of drug-likeness (QED) is 0.159. The lowest BCUT2D eigenvalue weighted by Crippen LogP contribution is -2.50. The minimum atomic E-state index is -3.69. The Kier molecular flexibility index (Phi) is 10.7. The number of benzene rings is 2. The van der Waals surface area contributed by atoms with Gasteiger partial charge in [-0.3, -0.25) is 24.9 Å². The maximum absolute atomic E-state index is 12.9. The zero-order valence-corrected chi connectivity index (χ0v) is 31.0. The second-order valence-corrected chi connectivity index (χ2v) is 16.0. The van der Waals surface area contributed by atoms with Crippen LogP contribution in [0.3, 0.4) is 0 Å². The van der Waals surface area contributed by atoms with Gasteiger partial charge in [0.15, 0.2) is 0 Å². The average molecular weight is 727 g/mol. The maximum Gasteiger partial charge on any atom is 0.328 e. The van der Waals surface area contributed by atoms with Crippen molar-refractivity contribution in [2.24, 2.45) is 0 Å². The van der Waals surface area contributed by atoms with Crippen molar-refractivity contribution in [1.82, 2.24) is 29.9 Å². The van der Waals surface area contributed by atoms with Crippen LogP contribution < -0.4 is 30.5 Å². The fraction of sp³-hybridized carbons (Fsp3) is 0.378. The second-order valence-electron chi connectivity index (χ2n) is 14.3. The Hall–Kier alpha value is -5.12. The number of sulfonamides is 1. The topological polar surface area (TPSA) is 165 Å². The van der Waals surface area contributed by atoms with Crippen molar-refractivity contribution in [3.05, 3.63) is 84.3 Å². The van der Waals surface area contributed by atoms with Gasteiger partial charge in [-0.2, -0.15) is 4.98 Å². The summed E-state index contributed by atoms with van der Waals surface area (Å²) in [6.45, 7) is 10.1. The van der Waals surface area contributed by atoms with Crippen molar-refractivity contribution in [3.63, 3.8) is 0 Å². The largest absolute Gasteiger partial charge is 0.371 e. The molecule has 4 aromatic rings. The zero-order chi connectivity index (χ0) is 37.0. The molecule has 4 heterocycles. The Balaban J connectivity index is 1.04. The molecule has 0 radical (unpaired) electrons. The molecule has 0 saturated carbocycles. The number of hydrogen-bond acceptors (Lipinski definition) is 11. The van der Waals surface area contributed by atoms with Crippen molar-refractivity contribution in [1.29, 1.82) is 0 Å². The van der Waals surface area contributed by atoms with Gasteiger partial charge in [-0.1, -0.05) is 6.07 Å². The van der Waals surface area contributed by atoms with Crippen molar-refractivity contribution < 1.29 is 18.0 Å². The van der Waals surface area contributed by atoms with E-state index in [-0.39, 0.29) is 17.2 Å². The number of hydrogen-bond donors (Lipinski definition) is 4. The number of piperidine rings is 1. The summed E-state index contributed by atoms with van der Waals surface area (Å²) in [6.07, 6.45) is 7.41. The summed E-state index contributed by atoms with van der Waals surface area (Å²) in [5.74, 6) is 0.721. The van der Waals surface area contributed by atoms with Gasteiger partial charge in [0.1, 0.15) is 5.82 Å². The smallest absolute Gasteiger partial charge is 0.328 e. The van der Waals surface area contributed by atoms with Gasteiger partial charge in [-0.05, 0) is 102 Å². The number of aromatic nitrogens is 3. The summed E-state index contributed by atoms with van der Waals surface area (Å²) < 4.78 is 28.4. The minimum Gasteiger partial charge on any atom is -0.371 e. The van der Waals surface area contributed by atoms with Gasteiger partial charge < -0.3 is 15.5 Å².